The standard InChI is InChI=1S/C12H15BrN2O4S/c1-19-11-9(13)5-7(6-10(11)20(14,17)18)12(16)15-8-3-2-4-8/h5-6,8H,2-4H2,1H3,(H,15,16)(H2,14,17,18). The Bertz CT molecular complexity index is 641. The average Bonchev–Trinajstić information content (AvgIpc) is 2.31. The normalized spacial score (nSPS) is 15.6. The fourth-order valence-electron chi connectivity index (χ4n) is 1.93. The van der Waals surface area contributed by atoms with Gasteiger partial charge in [-0.2, -0.15) is 0 Å². The molecule has 1 aromatic rings. The Labute approximate surface area is 125 Å². The van der Waals surface area contributed by atoms with E-state index in [9.17, 15) is 13.2 Å². The average molecular weight is 363 g/mol. The molecule has 110 valence electrons. The molecule has 1 aliphatic carbocycles. The molecule has 0 aromatic heterocycles. The van der Waals surface area contributed by atoms with Crippen LogP contribution in [0.15, 0.2) is 21.5 Å². The maximum Gasteiger partial charge on any atom is 0.251 e. The van der Waals surface area contributed by atoms with E-state index in [1.807, 2.05) is 0 Å². The fourth-order valence-corrected chi connectivity index (χ4v) is 3.43. The SMILES string of the molecule is COc1c(Br)cc(C(=O)NC2CCC2)cc1S(N)(=O)=O. The van der Waals surface area contributed by atoms with Gasteiger partial charge in [-0.05, 0) is 47.3 Å². The molecule has 0 aliphatic heterocycles. The van der Waals surface area contributed by atoms with Crippen LogP contribution in [-0.2, 0) is 10.0 Å². The Morgan fingerprint density at radius 1 is 1.45 bits per heavy atom. The monoisotopic (exact) mass is 362 g/mol. The number of halogens is 1. The molecule has 1 aromatic carbocycles. The van der Waals surface area contributed by atoms with Crippen molar-refractivity contribution in [2.75, 3.05) is 7.11 Å². The highest BCUT2D eigenvalue weighted by molar-refractivity contribution is 9.10. The lowest BCUT2D eigenvalue weighted by Crippen LogP contribution is -2.39. The van der Waals surface area contributed by atoms with Crippen molar-refractivity contribution in [1.29, 1.82) is 0 Å². The van der Waals surface area contributed by atoms with Crippen molar-refractivity contribution in [1.82, 2.24) is 5.32 Å². The molecule has 1 aliphatic rings. The van der Waals surface area contributed by atoms with Gasteiger partial charge in [-0.25, -0.2) is 13.6 Å². The van der Waals surface area contributed by atoms with Crippen molar-refractivity contribution < 1.29 is 17.9 Å². The molecular formula is C12H15BrN2O4S. The molecule has 8 heteroatoms. The molecule has 1 saturated carbocycles. The Morgan fingerprint density at radius 3 is 2.55 bits per heavy atom. The Balaban J connectivity index is 2.39. The van der Waals surface area contributed by atoms with Crippen molar-refractivity contribution in [3.8, 4) is 5.75 Å². The first-order chi connectivity index (χ1) is 9.32. The van der Waals surface area contributed by atoms with Gasteiger partial charge in [0, 0.05) is 11.6 Å². The molecule has 0 spiro atoms. The number of hydrogen-bond acceptors (Lipinski definition) is 4. The van der Waals surface area contributed by atoms with Crippen LogP contribution in [0, 0.1) is 0 Å². The summed E-state index contributed by atoms with van der Waals surface area (Å²) >= 11 is 3.19. The lowest BCUT2D eigenvalue weighted by atomic mass is 9.93. The largest absolute Gasteiger partial charge is 0.494 e. The first-order valence-corrected chi connectivity index (χ1v) is 8.38. The van der Waals surface area contributed by atoms with E-state index in [-0.39, 0.29) is 28.2 Å². The van der Waals surface area contributed by atoms with Crippen LogP contribution in [0.3, 0.4) is 0 Å². The van der Waals surface area contributed by atoms with Crippen LogP contribution in [0.2, 0.25) is 0 Å². The second-order valence-corrected chi connectivity index (χ2v) is 7.02. The number of ether oxygens (including phenoxy) is 1. The summed E-state index contributed by atoms with van der Waals surface area (Å²) in [6, 6.07) is 2.91. The lowest BCUT2D eigenvalue weighted by Gasteiger charge is -2.26. The minimum absolute atomic E-state index is 0.0905. The highest BCUT2D eigenvalue weighted by Gasteiger charge is 2.24. The van der Waals surface area contributed by atoms with Gasteiger partial charge in [0.2, 0.25) is 10.0 Å². The molecule has 3 N–H and O–H groups in total. The van der Waals surface area contributed by atoms with Crippen molar-refractivity contribution in [3.63, 3.8) is 0 Å². The van der Waals surface area contributed by atoms with Crippen LogP contribution in [-0.4, -0.2) is 27.5 Å². The molecule has 0 unspecified atom stereocenters. The Kier molecular flexibility index (Phi) is 4.36. The number of amides is 1. The zero-order chi connectivity index (χ0) is 14.9. The topological polar surface area (TPSA) is 98.5 Å². The third kappa shape index (κ3) is 3.13. The summed E-state index contributed by atoms with van der Waals surface area (Å²) in [6.45, 7) is 0. The predicted molar refractivity (Wildman–Crippen MR) is 77.2 cm³/mol. The summed E-state index contributed by atoms with van der Waals surface area (Å²) in [7, 11) is -2.64. The number of carbonyl (C=O) groups excluding carboxylic acids is 1. The number of sulfonamides is 1. The molecule has 0 radical (unpaired) electrons. The van der Waals surface area contributed by atoms with E-state index in [1.54, 1.807) is 0 Å². The third-order valence-corrected chi connectivity index (χ3v) is 4.73. The summed E-state index contributed by atoms with van der Waals surface area (Å²) in [6.07, 6.45) is 3.00. The number of methoxy groups -OCH3 is 1. The van der Waals surface area contributed by atoms with Gasteiger partial charge in [-0.1, -0.05) is 0 Å². The molecule has 1 amide bonds. The van der Waals surface area contributed by atoms with Crippen LogP contribution >= 0.6 is 15.9 Å². The second kappa shape index (κ2) is 5.71. The van der Waals surface area contributed by atoms with Crippen LogP contribution in [0.1, 0.15) is 29.6 Å². The zero-order valence-corrected chi connectivity index (χ0v) is 13.3. The number of nitrogens with two attached hydrogens (primary N) is 1. The van der Waals surface area contributed by atoms with Gasteiger partial charge in [-0.3, -0.25) is 4.79 Å². The molecule has 0 heterocycles. The molecule has 20 heavy (non-hydrogen) atoms. The van der Waals surface area contributed by atoms with Gasteiger partial charge in [-0.15, -0.1) is 0 Å². The minimum Gasteiger partial charge on any atom is -0.494 e. The van der Waals surface area contributed by atoms with Gasteiger partial charge in [0.15, 0.2) is 5.75 Å². The van der Waals surface area contributed by atoms with Crippen molar-refractivity contribution in [3.05, 3.63) is 22.2 Å². The van der Waals surface area contributed by atoms with Gasteiger partial charge in [0.25, 0.3) is 5.91 Å². The molecular weight excluding hydrogens is 348 g/mol. The highest BCUT2D eigenvalue weighted by Crippen LogP contribution is 2.33. The quantitative estimate of drug-likeness (QED) is 0.845. The number of hydrogen-bond donors (Lipinski definition) is 2. The zero-order valence-electron chi connectivity index (χ0n) is 10.8. The van der Waals surface area contributed by atoms with E-state index < -0.39 is 10.0 Å². The second-order valence-electron chi connectivity index (χ2n) is 4.64. The van der Waals surface area contributed by atoms with E-state index in [0.717, 1.165) is 19.3 Å². The summed E-state index contributed by atoms with van der Waals surface area (Å²) in [5.41, 5.74) is 0.230. The van der Waals surface area contributed by atoms with Gasteiger partial charge >= 0.3 is 0 Å². The third-order valence-electron chi connectivity index (χ3n) is 3.22. The predicted octanol–water partition coefficient (Wildman–Crippen LogP) is 1.39. The number of nitrogens with one attached hydrogen (secondary N) is 1. The van der Waals surface area contributed by atoms with Crippen molar-refractivity contribution in [2.24, 2.45) is 5.14 Å². The molecule has 2 rings (SSSR count). The van der Waals surface area contributed by atoms with Gasteiger partial charge < -0.3 is 10.1 Å². The van der Waals surface area contributed by atoms with Crippen LogP contribution < -0.4 is 15.2 Å². The molecule has 6 nitrogen and oxygen atoms in total. The Hall–Kier alpha value is -1.12. The minimum atomic E-state index is -3.98. The fraction of sp³-hybridized carbons (Fsp3) is 0.417. The molecule has 0 bridgehead atoms. The summed E-state index contributed by atoms with van der Waals surface area (Å²) < 4.78 is 28.5. The summed E-state index contributed by atoms with van der Waals surface area (Å²) in [4.78, 5) is 11.9. The number of benzene rings is 1. The Morgan fingerprint density at radius 2 is 2.10 bits per heavy atom. The van der Waals surface area contributed by atoms with Crippen molar-refractivity contribution in [2.45, 2.75) is 30.2 Å². The van der Waals surface area contributed by atoms with Gasteiger partial charge in [0.05, 0.1) is 11.6 Å². The number of carbonyl (C=O) groups is 1. The van der Waals surface area contributed by atoms with E-state index in [2.05, 4.69) is 21.2 Å². The smallest absolute Gasteiger partial charge is 0.251 e. The van der Waals surface area contributed by atoms with E-state index in [4.69, 9.17) is 9.88 Å². The summed E-state index contributed by atoms with van der Waals surface area (Å²) in [5.74, 6) is -0.226. The number of primary sulfonamides is 1. The molecule has 1 fully saturated rings. The van der Waals surface area contributed by atoms with E-state index in [0.29, 0.717) is 4.47 Å². The molecule has 0 atom stereocenters. The lowest BCUT2D eigenvalue weighted by molar-refractivity contribution is 0.0916. The van der Waals surface area contributed by atoms with Crippen LogP contribution in [0.5, 0.6) is 5.75 Å². The first-order valence-electron chi connectivity index (χ1n) is 6.04. The summed E-state index contributed by atoms with van der Waals surface area (Å²) in [5, 5.41) is 7.99. The van der Waals surface area contributed by atoms with Crippen LogP contribution in [0.4, 0.5) is 0 Å². The van der Waals surface area contributed by atoms with E-state index >= 15 is 0 Å². The highest BCUT2D eigenvalue weighted by atomic mass is 79.9. The van der Waals surface area contributed by atoms with Gasteiger partial charge in [0.1, 0.15) is 4.90 Å². The van der Waals surface area contributed by atoms with E-state index in [1.165, 1.54) is 19.2 Å². The maximum absolute atomic E-state index is 12.1. The molecule has 0 saturated heterocycles. The number of rotatable bonds is 4. The first kappa shape index (κ1) is 15.3. The van der Waals surface area contributed by atoms with Crippen molar-refractivity contribution >= 4 is 31.9 Å². The van der Waals surface area contributed by atoms with Crippen LogP contribution in [0.25, 0.3) is 0 Å². The maximum atomic E-state index is 12.1.